The first kappa shape index (κ1) is 8.25. The summed E-state index contributed by atoms with van der Waals surface area (Å²) in [5.41, 5.74) is 0. The maximum absolute atomic E-state index is 8.94. The Labute approximate surface area is 55.7 Å². The first-order chi connectivity index (χ1) is 3.66. The second-order valence-electron chi connectivity index (χ2n) is 2.08. The smallest absolute Gasteiger partial charge is 0.0551 e. The van der Waals surface area contributed by atoms with Gasteiger partial charge in [0.25, 0.3) is 0 Å². The Morgan fingerprint density at radius 3 is 2.25 bits per heavy atom. The van der Waals surface area contributed by atoms with Crippen molar-refractivity contribution in [3.05, 3.63) is 0 Å². The highest BCUT2D eigenvalue weighted by atomic mass is 35.5. The van der Waals surface area contributed by atoms with Crippen molar-refractivity contribution in [2.45, 2.75) is 38.2 Å². The van der Waals surface area contributed by atoms with Gasteiger partial charge >= 0.3 is 0 Å². The first-order valence-corrected chi connectivity index (χ1v) is 3.42. The average Bonchev–Trinajstić information content (AvgIpc) is 1.65. The molecule has 0 heterocycles. The predicted molar refractivity (Wildman–Crippen MR) is 36.2 cm³/mol. The van der Waals surface area contributed by atoms with Gasteiger partial charge in [-0.3, -0.25) is 0 Å². The molecule has 0 aromatic heterocycles. The fraction of sp³-hybridized carbons (Fsp3) is 1.00. The summed E-state index contributed by atoms with van der Waals surface area (Å²) in [5.74, 6) is 0. The Bertz CT molecular complexity index is 54.5. The molecule has 0 rings (SSSR count). The lowest BCUT2D eigenvalue weighted by molar-refractivity contribution is 0.160. The van der Waals surface area contributed by atoms with Crippen LogP contribution in [0.2, 0.25) is 0 Å². The van der Waals surface area contributed by atoms with E-state index in [-0.39, 0.29) is 11.5 Å². The van der Waals surface area contributed by atoms with E-state index < -0.39 is 0 Å². The zero-order chi connectivity index (χ0) is 6.57. The van der Waals surface area contributed by atoms with E-state index in [0.29, 0.717) is 6.42 Å². The summed E-state index contributed by atoms with van der Waals surface area (Å²) in [5, 5.41) is 9.05. The van der Waals surface area contributed by atoms with Crippen LogP contribution in [0, 0.1) is 0 Å². The summed E-state index contributed by atoms with van der Waals surface area (Å²) < 4.78 is 0. The van der Waals surface area contributed by atoms with Gasteiger partial charge < -0.3 is 5.11 Å². The largest absolute Gasteiger partial charge is 0.393 e. The van der Waals surface area contributed by atoms with Crippen LogP contribution in [-0.4, -0.2) is 16.6 Å². The van der Waals surface area contributed by atoms with Crippen molar-refractivity contribution in [2.75, 3.05) is 0 Å². The van der Waals surface area contributed by atoms with Gasteiger partial charge in [0.15, 0.2) is 0 Å². The summed E-state index contributed by atoms with van der Waals surface area (Å²) in [4.78, 5) is 0. The molecule has 0 fully saturated rings. The zero-order valence-electron chi connectivity index (χ0n) is 5.39. The highest BCUT2D eigenvalue weighted by Gasteiger charge is 2.03. The third-order valence-electron chi connectivity index (χ3n) is 1.07. The molecule has 8 heavy (non-hydrogen) atoms. The van der Waals surface area contributed by atoms with Crippen LogP contribution in [0.25, 0.3) is 0 Å². The van der Waals surface area contributed by atoms with Gasteiger partial charge in [0.05, 0.1) is 6.10 Å². The van der Waals surface area contributed by atoms with Gasteiger partial charge in [-0.1, -0.05) is 6.92 Å². The monoisotopic (exact) mass is 136 g/mol. The molecule has 50 valence electrons. The molecule has 0 saturated heterocycles. The Morgan fingerprint density at radius 1 is 1.62 bits per heavy atom. The number of aliphatic hydroxyl groups is 1. The molecule has 0 aliphatic carbocycles. The minimum atomic E-state index is -0.206. The minimum absolute atomic E-state index is 0.102. The molecule has 2 unspecified atom stereocenters. The summed E-state index contributed by atoms with van der Waals surface area (Å²) in [6.45, 7) is 3.84. The zero-order valence-corrected chi connectivity index (χ0v) is 6.15. The van der Waals surface area contributed by atoms with Gasteiger partial charge in [0, 0.05) is 5.38 Å². The van der Waals surface area contributed by atoms with E-state index in [2.05, 4.69) is 0 Å². The number of hydrogen-bond acceptors (Lipinski definition) is 1. The molecule has 2 atom stereocenters. The van der Waals surface area contributed by atoms with Crippen LogP contribution >= 0.6 is 11.6 Å². The first-order valence-electron chi connectivity index (χ1n) is 2.99. The average molecular weight is 137 g/mol. The van der Waals surface area contributed by atoms with E-state index in [0.717, 1.165) is 6.42 Å². The Morgan fingerprint density at radius 2 is 2.12 bits per heavy atom. The Kier molecular flexibility index (Phi) is 4.29. The normalized spacial score (nSPS) is 18.0. The maximum atomic E-state index is 8.94. The van der Waals surface area contributed by atoms with E-state index in [1.165, 1.54) is 0 Å². The lowest BCUT2D eigenvalue weighted by Crippen LogP contribution is -2.09. The fourth-order valence-electron chi connectivity index (χ4n) is 0.542. The van der Waals surface area contributed by atoms with E-state index in [4.69, 9.17) is 16.7 Å². The van der Waals surface area contributed by atoms with Crippen LogP contribution in [0.5, 0.6) is 0 Å². The Hall–Kier alpha value is 0.250. The van der Waals surface area contributed by atoms with Gasteiger partial charge in [-0.2, -0.15) is 0 Å². The van der Waals surface area contributed by atoms with Crippen LogP contribution in [0.15, 0.2) is 0 Å². The molecule has 0 spiro atoms. The van der Waals surface area contributed by atoms with Gasteiger partial charge in [-0.05, 0) is 19.8 Å². The molecule has 1 N–H and O–H groups in total. The van der Waals surface area contributed by atoms with Gasteiger partial charge in [0.1, 0.15) is 0 Å². The molecule has 0 amide bonds. The summed E-state index contributed by atoms with van der Waals surface area (Å²) in [7, 11) is 0. The molecule has 1 nitrogen and oxygen atoms in total. The third kappa shape index (κ3) is 4.41. The lowest BCUT2D eigenvalue weighted by atomic mass is 10.2. The van der Waals surface area contributed by atoms with E-state index in [9.17, 15) is 0 Å². The Balaban J connectivity index is 3.10. The number of halogens is 1. The van der Waals surface area contributed by atoms with Crippen molar-refractivity contribution >= 4 is 11.6 Å². The van der Waals surface area contributed by atoms with Crippen molar-refractivity contribution in [3.8, 4) is 0 Å². The number of hydrogen-bond donors (Lipinski definition) is 1. The second kappa shape index (κ2) is 4.16. The van der Waals surface area contributed by atoms with Gasteiger partial charge in [-0.25, -0.2) is 0 Å². The molecule has 0 aliphatic heterocycles. The second-order valence-corrected chi connectivity index (χ2v) is 2.82. The van der Waals surface area contributed by atoms with Crippen LogP contribution in [0.4, 0.5) is 0 Å². The van der Waals surface area contributed by atoms with Crippen molar-refractivity contribution < 1.29 is 5.11 Å². The van der Waals surface area contributed by atoms with Gasteiger partial charge in [0.2, 0.25) is 0 Å². The van der Waals surface area contributed by atoms with Crippen LogP contribution < -0.4 is 0 Å². The topological polar surface area (TPSA) is 20.2 Å². The van der Waals surface area contributed by atoms with Crippen LogP contribution in [-0.2, 0) is 0 Å². The highest BCUT2D eigenvalue weighted by molar-refractivity contribution is 6.20. The quantitative estimate of drug-likeness (QED) is 0.587. The van der Waals surface area contributed by atoms with E-state index in [1.54, 1.807) is 0 Å². The van der Waals surface area contributed by atoms with Crippen molar-refractivity contribution in [3.63, 3.8) is 0 Å². The van der Waals surface area contributed by atoms with Crippen LogP contribution in [0.3, 0.4) is 0 Å². The predicted octanol–water partition coefficient (Wildman–Crippen LogP) is 1.77. The summed E-state index contributed by atoms with van der Waals surface area (Å²) in [6.07, 6.45) is 1.30. The third-order valence-corrected chi connectivity index (χ3v) is 1.25. The molecule has 0 saturated carbocycles. The van der Waals surface area contributed by atoms with Crippen LogP contribution in [0.1, 0.15) is 26.7 Å². The highest BCUT2D eigenvalue weighted by Crippen LogP contribution is 2.06. The SMILES string of the molecule is CCC(O)CC(C)Cl. The number of rotatable bonds is 3. The minimum Gasteiger partial charge on any atom is -0.393 e. The van der Waals surface area contributed by atoms with E-state index >= 15 is 0 Å². The van der Waals surface area contributed by atoms with Crippen molar-refractivity contribution in [1.29, 1.82) is 0 Å². The molecule has 0 aromatic carbocycles. The molecule has 0 bridgehead atoms. The van der Waals surface area contributed by atoms with Crippen molar-refractivity contribution in [1.82, 2.24) is 0 Å². The number of alkyl halides is 1. The van der Waals surface area contributed by atoms with Crippen molar-refractivity contribution in [2.24, 2.45) is 0 Å². The van der Waals surface area contributed by atoms with Gasteiger partial charge in [-0.15, -0.1) is 11.6 Å². The summed E-state index contributed by atoms with van der Waals surface area (Å²) in [6, 6.07) is 0. The fourth-order valence-corrected chi connectivity index (χ4v) is 0.747. The molecule has 2 heteroatoms. The molecule has 0 radical (unpaired) electrons. The standard InChI is InChI=1S/C6H13ClO/c1-3-6(8)4-5(2)7/h5-6,8H,3-4H2,1-2H3. The molecular formula is C6H13ClO. The van der Waals surface area contributed by atoms with E-state index in [1.807, 2.05) is 13.8 Å². The summed E-state index contributed by atoms with van der Waals surface area (Å²) >= 11 is 5.59. The lowest BCUT2D eigenvalue weighted by Gasteiger charge is -2.07. The molecule has 0 aromatic rings. The number of aliphatic hydroxyl groups excluding tert-OH is 1. The molecule has 0 aliphatic rings. The maximum Gasteiger partial charge on any atom is 0.0551 e. The molecular weight excluding hydrogens is 124 g/mol.